The number of alkyl halides is 3. The predicted molar refractivity (Wildman–Crippen MR) is 214 cm³/mol. The summed E-state index contributed by atoms with van der Waals surface area (Å²) in [6.07, 6.45) is 2.41. The van der Waals surface area contributed by atoms with Gasteiger partial charge in [0.25, 0.3) is 0 Å². The number of hydrogen-bond donors (Lipinski definition) is 0. The second-order valence-electron chi connectivity index (χ2n) is 14.0. The van der Waals surface area contributed by atoms with Crippen LogP contribution in [-0.4, -0.2) is 87.2 Å². The summed E-state index contributed by atoms with van der Waals surface area (Å²) >= 11 is 16.5. The molecule has 1 aliphatic carbocycles. The first-order chi connectivity index (χ1) is 23.8. The Labute approximate surface area is 317 Å². The monoisotopic (exact) mass is 782 g/mol. The van der Waals surface area contributed by atoms with Crippen LogP contribution in [0, 0.1) is 22.7 Å². The number of para-hydroxylation sites is 1. The van der Waals surface area contributed by atoms with Crippen molar-refractivity contribution in [1.29, 1.82) is 0 Å². The molecule has 3 aliphatic rings. The SMILES string of the molecule is COc1ccccc1CCN=C1SCC(C)(C)CN1CC(C=S)C1CCC2(CC1)CSC(=Nc1ccc(OC(F)(F)F)cc1)N(C(=S)SC)C2. The van der Waals surface area contributed by atoms with Gasteiger partial charge in [-0.2, -0.15) is 0 Å². The minimum atomic E-state index is -4.73. The van der Waals surface area contributed by atoms with E-state index in [4.69, 9.17) is 39.2 Å². The van der Waals surface area contributed by atoms with Crippen LogP contribution in [0.2, 0.25) is 0 Å². The molecule has 1 atom stereocenters. The summed E-state index contributed by atoms with van der Waals surface area (Å²) in [6.45, 7) is 7.99. The second-order valence-corrected chi connectivity index (χ2v) is 17.6. The summed E-state index contributed by atoms with van der Waals surface area (Å²) < 4.78 is 48.2. The highest BCUT2D eigenvalue weighted by Crippen LogP contribution is 2.48. The summed E-state index contributed by atoms with van der Waals surface area (Å²) in [5.41, 5.74) is 2.02. The first kappa shape index (κ1) is 39.2. The van der Waals surface area contributed by atoms with Gasteiger partial charge in [0.2, 0.25) is 0 Å². The molecular weight excluding hydrogens is 738 g/mol. The van der Waals surface area contributed by atoms with Crippen LogP contribution in [0.25, 0.3) is 0 Å². The molecule has 14 heteroatoms. The number of benzene rings is 2. The van der Waals surface area contributed by atoms with Crippen LogP contribution in [-0.2, 0) is 6.42 Å². The van der Waals surface area contributed by atoms with Gasteiger partial charge in [-0.1, -0.05) is 91.8 Å². The average Bonchev–Trinajstić information content (AvgIpc) is 3.09. The van der Waals surface area contributed by atoms with Gasteiger partial charge in [-0.05, 0) is 96.4 Å². The van der Waals surface area contributed by atoms with Crippen molar-refractivity contribution in [3.05, 3.63) is 54.1 Å². The highest BCUT2D eigenvalue weighted by atomic mass is 32.2. The van der Waals surface area contributed by atoms with Crippen molar-refractivity contribution >= 4 is 85.4 Å². The number of nitrogens with zero attached hydrogens (tertiary/aromatic N) is 4. The molecule has 0 bridgehead atoms. The standard InChI is InChI=1S/C36H45F3N4O2S5/c1-34(2)21-42(31(49-23-34)40-18-15-26-7-5-6-8-30(26)44-3)19-27(20-46)25-13-16-35(17-14-25)22-43(33(47)48-4)32(50-24-35)41-28-9-11-29(12-10-28)45-36(37,38)39/h5-12,20,25,27H,13-19,21-24H2,1-4H3. The number of aliphatic imine (C=N–C) groups is 2. The van der Waals surface area contributed by atoms with Crippen molar-refractivity contribution in [3.8, 4) is 11.5 Å². The number of thioether (sulfide) groups is 3. The van der Waals surface area contributed by atoms with Crippen molar-refractivity contribution < 1.29 is 22.6 Å². The topological polar surface area (TPSA) is 49.7 Å². The molecule has 0 N–H and O–H groups in total. The van der Waals surface area contributed by atoms with Gasteiger partial charge in [-0.15, -0.1) is 13.2 Å². The lowest BCUT2D eigenvalue weighted by molar-refractivity contribution is -0.274. The highest BCUT2D eigenvalue weighted by molar-refractivity contribution is 8.23. The zero-order valence-corrected chi connectivity index (χ0v) is 33.0. The minimum Gasteiger partial charge on any atom is -0.496 e. The maximum absolute atomic E-state index is 12.6. The summed E-state index contributed by atoms with van der Waals surface area (Å²) in [6, 6.07) is 13.8. The molecule has 2 aromatic carbocycles. The maximum Gasteiger partial charge on any atom is 0.573 e. The van der Waals surface area contributed by atoms with Crippen LogP contribution in [0.1, 0.15) is 45.1 Å². The molecule has 3 fully saturated rings. The van der Waals surface area contributed by atoms with Gasteiger partial charge in [0, 0.05) is 43.6 Å². The first-order valence-electron chi connectivity index (χ1n) is 16.7. The summed E-state index contributed by atoms with van der Waals surface area (Å²) in [5, 5.41) is 3.90. The molecule has 50 heavy (non-hydrogen) atoms. The van der Waals surface area contributed by atoms with Crippen LogP contribution in [0.5, 0.6) is 11.5 Å². The van der Waals surface area contributed by atoms with E-state index in [2.05, 4.69) is 34.5 Å². The van der Waals surface area contributed by atoms with E-state index in [9.17, 15) is 13.2 Å². The van der Waals surface area contributed by atoms with Gasteiger partial charge in [0.1, 0.15) is 15.8 Å². The number of rotatable bonds is 10. The van der Waals surface area contributed by atoms with E-state index >= 15 is 0 Å². The molecule has 1 unspecified atom stereocenters. The van der Waals surface area contributed by atoms with Gasteiger partial charge < -0.3 is 19.3 Å². The van der Waals surface area contributed by atoms with Crippen LogP contribution in [0.15, 0.2) is 58.5 Å². The van der Waals surface area contributed by atoms with E-state index < -0.39 is 6.36 Å². The Morgan fingerprint density at radius 2 is 1.76 bits per heavy atom. The summed E-state index contributed by atoms with van der Waals surface area (Å²) in [5.74, 6) is 3.39. The molecule has 2 saturated heterocycles. The normalized spacial score (nSPS) is 24.7. The number of amidine groups is 2. The Morgan fingerprint density at radius 1 is 1.06 bits per heavy atom. The number of hydrogen-bond acceptors (Lipinski definition) is 9. The Balaban J connectivity index is 1.22. The number of thiocarbonyl (C=S) groups is 2. The third-order valence-corrected chi connectivity index (χ3v) is 14.1. The van der Waals surface area contributed by atoms with Gasteiger partial charge in [-0.25, -0.2) is 4.99 Å². The van der Waals surface area contributed by atoms with E-state index in [1.807, 2.05) is 41.6 Å². The summed E-state index contributed by atoms with van der Waals surface area (Å²) in [7, 11) is 1.71. The number of halogens is 3. The quantitative estimate of drug-likeness (QED) is 0.219. The molecule has 5 rings (SSSR count). The van der Waals surface area contributed by atoms with Crippen molar-refractivity contribution in [2.45, 2.75) is 52.3 Å². The number of methoxy groups -OCH3 is 1. The van der Waals surface area contributed by atoms with Gasteiger partial charge >= 0.3 is 6.36 Å². The van der Waals surface area contributed by atoms with Gasteiger partial charge in [0.15, 0.2) is 10.3 Å². The van der Waals surface area contributed by atoms with Crippen LogP contribution < -0.4 is 9.47 Å². The average molecular weight is 783 g/mol. The fraction of sp³-hybridized carbons (Fsp3) is 0.556. The molecule has 2 aromatic rings. The van der Waals surface area contributed by atoms with Crippen molar-refractivity contribution in [1.82, 2.24) is 9.80 Å². The van der Waals surface area contributed by atoms with E-state index in [0.29, 0.717) is 18.2 Å². The number of ether oxygens (including phenoxy) is 2. The smallest absolute Gasteiger partial charge is 0.496 e. The third kappa shape index (κ3) is 10.5. The van der Waals surface area contributed by atoms with E-state index in [1.54, 1.807) is 18.9 Å². The third-order valence-electron chi connectivity index (χ3n) is 9.53. The van der Waals surface area contributed by atoms with Crippen LogP contribution >= 0.6 is 59.7 Å². The van der Waals surface area contributed by atoms with Gasteiger partial charge in [-0.3, -0.25) is 4.99 Å². The van der Waals surface area contributed by atoms with Crippen LogP contribution in [0.4, 0.5) is 18.9 Å². The lowest BCUT2D eigenvalue weighted by Crippen LogP contribution is -2.50. The maximum atomic E-state index is 12.6. The lowest BCUT2D eigenvalue weighted by Gasteiger charge is -2.48. The zero-order chi connectivity index (χ0) is 35.9. The molecule has 0 aromatic heterocycles. The van der Waals surface area contributed by atoms with Crippen molar-refractivity contribution in [3.63, 3.8) is 0 Å². The van der Waals surface area contributed by atoms with Crippen molar-refractivity contribution in [2.75, 3.05) is 51.1 Å². The largest absolute Gasteiger partial charge is 0.573 e. The molecule has 6 nitrogen and oxygen atoms in total. The molecule has 0 amide bonds. The molecule has 1 spiro atoms. The Kier molecular flexibility index (Phi) is 13.5. The summed E-state index contributed by atoms with van der Waals surface area (Å²) in [4.78, 5) is 14.5. The zero-order valence-electron chi connectivity index (χ0n) is 28.9. The van der Waals surface area contributed by atoms with E-state index in [0.717, 1.165) is 83.6 Å². The molecule has 0 radical (unpaired) electrons. The van der Waals surface area contributed by atoms with Gasteiger partial charge in [0.05, 0.1) is 12.8 Å². The molecule has 2 heterocycles. The second kappa shape index (κ2) is 17.2. The van der Waals surface area contributed by atoms with E-state index in [-0.39, 0.29) is 22.5 Å². The minimum absolute atomic E-state index is 0.102. The van der Waals surface area contributed by atoms with Crippen LogP contribution in [0.3, 0.4) is 0 Å². The Morgan fingerprint density at radius 3 is 2.42 bits per heavy atom. The Hall–Kier alpha value is -2.00. The molecule has 272 valence electrons. The van der Waals surface area contributed by atoms with Crippen molar-refractivity contribution in [2.24, 2.45) is 32.7 Å². The lowest BCUT2D eigenvalue weighted by atomic mass is 9.68. The Bertz CT molecular complexity index is 1540. The predicted octanol–water partition coefficient (Wildman–Crippen LogP) is 9.74. The highest BCUT2D eigenvalue weighted by Gasteiger charge is 2.44. The molecular formula is C36H45F3N4O2S5. The fourth-order valence-electron chi connectivity index (χ4n) is 6.91. The molecule has 1 saturated carbocycles. The first-order valence-corrected chi connectivity index (χ1v) is 20.8. The van der Waals surface area contributed by atoms with E-state index in [1.165, 1.54) is 41.6 Å². The molecule has 2 aliphatic heterocycles. The fourth-order valence-corrected chi connectivity index (χ4v) is 10.3.